The lowest BCUT2D eigenvalue weighted by Crippen LogP contribution is -2.15. The highest BCUT2D eigenvalue weighted by atomic mass is 19.1. The van der Waals surface area contributed by atoms with Crippen molar-refractivity contribution in [2.75, 3.05) is 0 Å². The number of phenols is 1. The van der Waals surface area contributed by atoms with Crippen molar-refractivity contribution in [2.24, 2.45) is 0 Å². The Kier molecular flexibility index (Phi) is 6.10. The summed E-state index contributed by atoms with van der Waals surface area (Å²) in [7, 11) is 0. The summed E-state index contributed by atoms with van der Waals surface area (Å²) in [6.07, 6.45) is 4.21. The van der Waals surface area contributed by atoms with Crippen molar-refractivity contribution in [3.05, 3.63) is 108 Å². The highest BCUT2D eigenvalue weighted by Crippen LogP contribution is 2.51. The Hall–Kier alpha value is -4.58. The van der Waals surface area contributed by atoms with Crippen molar-refractivity contribution in [2.45, 2.75) is 38.0 Å². The molecule has 39 heavy (non-hydrogen) atoms. The predicted molar refractivity (Wildman–Crippen MR) is 147 cm³/mol. The molecule has 1 aliphatic rings. The maximum Gasteiger partial charge on any atom is 0.167 e. The van der Waals surface area contributed by atoms with Crippen LogP contribution in [0.15, 0.2) is 89.5 Å². The molecular weight excluding hydrogens is 493 g/mol. The molecule has 0 atom stereocenters. The quantitative estimate of drug-likeness (QED) is 0.211. The number of furan rings is 1. The van der Waals surface area contributed by atoms with E-state index in [1.54, 1.807) is 55.6 Å². The standard InChI is InChI=1S/C33H26FNO4/c1-2-26(36)31-25-17-21(9-13-29(25)39-32(31)20-6-10-23(34)11-7-20)24-18-22(8-12-27(24)37)28(38)19-33(14-15-33)30-5-3-4-16-35-30/h3-13,16-18,37H,2,14-15,19H2,1H3. The van der Waals surface area contributed by atoms with Crippen LogP contribution in [0.2, 0.25) is 0 Å². The van der Waals surface area contributed by atoms with E-state index >= 15 is 0 Å². The molecule has 1 N–H and O–H groups in total. The molecule has 0 unspecified atom stereocenters. The molecule has 0 aliphatic heterocycles. The molecule has 0 spiro atoms. The third-order valence-corrected chi connectivity index (χ3v) is 7.58. The van der Waals surface area contributed by atoms with Crippen LogP contribution in [0.5, 0.6) is 5.75 Å². The molecule has 1 fully saturated rings. The van der Waals surface area contributed by atoms with Crippen LogP contribution < -0.4 is 0 Å². The van der Waals surface area contributed by atoms with Crippen LogP contribution in [0.3, 0.4) is 0 Å². The number of hydrogen-bond acceptors (Lipinski definition) is 5. The minimum Gasteiger partial charge on any atom is -0.507 e. The van der Waals surface area contributed by atoms with Gasteiger partial charge < -0.3 is 9.52 Å². The van der Waals surface area contributed by atoms with Gasteiger partial charge in [-0.15, -0.1) is 0 Å². The number of aromatic hydroxyl groups is 1. The number of phenolic OH excluding ortho intramolecular Hbond substituents is 1. The number of ketones is 2. The van der Waals surface area contributed by atoms with E-state index in [4.69, 9.17) is 4.42 Å². The van der Waals surface area contributed by atoms with Gasteiger partial charge in [0.25, 0.3) is 0 Å². The van der Waals surface area contributed by atoms with E-state index in [1.165, 1.54) is 18.2 Å². The lowest BCUT2D eigenvalue weighted by Gasteiger charge is -2.14. The first-order chi connectivity index (χ1) is 18.9. The van der Waals surface area contributed by atoms with Crippen molar-refractivity contribution < 1.29 is 23.5 Å². The van der Waals surface area contributed by atoms with Gasteiger partial charge in [0.2, 0.25) is 0 Å². The first-order valence-corrected chi connectivity index (χ1v) is 13.0. The van der Waals surface area contributed by atoms with Crippen LogP contribution in [0.25, 0.3) is 33.4 Å². The van der Waals surface area contributed by atoms with Crippen LogP contribution in [0.1, 0.15) is 59.0 Å². The Balaban J connectivity index is 1.39. The molecule has 5 aromatic rings. The highest BCUT2D eigenvalue weighted by Gasteiger charge is 2.47. The molecule has 6 rings (SSSR count). The zero-order valence-electron chi connectivity index (χ0n) is 21.4. The van der Waals surface area contributed by atoms with E-state index in [0.29, 0.717) is 51.0 Å². The molecule has 3 aromatic carbocycles. The smallest absolute Gasteiger partial charge is 0.167 e. The topological polar surface area (TPSA) is 80.4 Å². The first-order valence-electron chi connectivity index (χ1n) is 13.0. The number of halogens is 1. The van der Waals surface area contributed by atoms with Crippen LogP contribution in [-0.4, -0.2) is 21.7 Å². The number of rotatable bonds is 8. The minimum atomic E-state index is -0.377. The molecule has 2 heterocycles. The molecule has 5 nitrogen and oxygen atoms in total. The Morgan fingerprint density at radius 2 is 1.72 bits per heavy atom. The van der Waals surface area contributed by atoms with Gasteiger partial charge in [0.05, 0.1) is 5.56 Å². The second-order valence-corrected chi connectivity index (χ2v) is 10.1. The fourth-order valence-corrected chi connectivity index (χ4v) is 5.22. The average Bonchev–Trinajstić information content (AvgIpc) is 3.65. The number of hydrogen-bond donors (Lipinski definition) is 1. The molecule has 1 aliphatic carbocycles. The van der Waals surface area contributed by atoms with E-state index < -0.39 is 0 Å². The van der Waals surface area contributed by atoms with Crippen molar-refractivity contribution in [1.29, 1.82) is 0 Å². The average molecular weight is 520 g/mol. The Bertz CT molecular complexity index is 1720. The van der Waals surface area contributed by atoms with Crippen LogP contribution in [0.4, 0.5) is 4.39 Å². The van der Waals surface area contributed by atoms with E-state index in [1.807, 2.05) is 18.2 Å². The molecule has 0 amide bonds. The fourth-order valence-electron chi connectivity index (χ4n) is 5.22. The van der Waals surface area contributed by atoms with Crippen LogP contribution >= 0.6 is 0 Å². The SMILES string of the molecule is CCC(=O)c1c(-c2ccc(F)cc2)oc2ccc(-c3cc(C(=O)CC4(c5ccccn5)CC4)ccc3O)cc12. The molecule has 0 bridgehead atoms. The minimum absolute atomic E-state index is 0.00996. The number of carbonyl (C=O) groups excluding carboxylic acids is 2. The molecule has 0 radical (unpaired) electrons. The molecule has 1 saturated carbocycles. The number of nitrogens with zero attached hydrogens (tertiary/aromatic N) is 1. The number of benzene rings is 3. The van der Waals surface area contributed by atoms with Gasteiger partial charge in [0, 0.05) is 52.2 Å². The summed E-state index contributed by atoms with van der Waals surface area (Å²) in [4.78, 5) is 30.9. The zero-order chi connectivity index (χ0) is 27.1. The maximum absolute atomic E-state index is 13.5. The van der Waals surface area contributed by atoms with Crippen LogP contribution in [0, 0.1) is 5.82 Å². The summed E-state index contributed by atoms with van der Waals surface area (Å²) in [6, 6.07) is 21.8. The maximum atomic E-state index is 13.5. The van der Waals surface area contributed by atoms with Gasteiger partial charge in [-0.25, -0.2) is 4.39 Å². The number of fused-ring (bicyclic) bond motifs is 1. The fraction of sp³-hybridized carbons (Fsp3) is 0.182. The Labute approximate surface area is 224 Å². The van der Waals surface area contributed by atoms with Gasteiger partial charge >= 0.3 is 0 Å². The van der Waals surface area contributed by atoms with Gasteiger partial charge in [0.15, 0.2) is 11.6 Å². The lowest BCUT2D eigenvalue weighted by atomic mass is 9.90. The normalized spacial score (nSPS) is 13.9. The predicted octanol–water partition coefficient (Wildman–Crippen LogP) is 7.90. The largest absolute Gasteiger partial charge is 0.507 e. The van der Waals surface area contributed by atoms with Gasteiger partial charge in [0.1, 0.15) is 22.9 Å². The van der Waals surface area contributed by atoms with Gasteiger partial charge in [-0.1, -0.05) is 19.1 Å². The highest BCUT2D eigenvalue weighted by molar-refractivity contribution is 6.13. The van der Waals surface area contributed by atoms with E-state index in [0.717, 1.165) is 18.5 Å². The van der Waals surface area contributed by atoms with Gasteiger partial charge in [-0.05, 0) is 85.1 Å². The molecule has 0 saturated heterocycles. The summed E-state index contributed by atoms with van der Waals surface area (Å²) < 4.78 is 19.6. The Morgan fingerprint density at radius 1 is 0.949 bits per heavy atom. The van der Waals surface area contributed by atoms with Crippen molar-refractivity contribution in [1.82, 2.24) is 4.98 Å². The van der Waals surface area contributed by atoms with Crippen molar-refractivity contribution in [3.63, 3.8) is 0 Å². The van der Waals surface area contributed by atoms with Crippen molar-refractivity contribution >= 4 is 22.5 Å². The molecular formula is C33H26FNO4. The number of Topliss-reactive ketones (excluding diaryl/α,β-unsaturated/α-hetero) is 2. The second-order valence-electron chi connectivity index (χ2n) is 10.1. The number of pyridine rings is 1. The molecule has 194 valence electrons. The van der Waals surface area contributed by atoms with Gasteiger partial charge in [-0.3, -0.25) is 14.6 Å². The summed E-state index contributed by atoms with van der Waals surface area (Å²) in [5, 5.41) is 11.4. The zero-order valence-corrected chi connectivity index (χ0v) is 21.4. The number of aromatic nitrogens is 1. The lowest BCUT2D eigenvalue weighted by molar-refractivity contribution is 0.0966. The summed E-state index contributed by atoms with van der Waals surface area (Å²) >= 11 is 0. The van der Waals surface area contributed by atoms with E-state index in [-0.39, 0.29) is 35.0 Å². The summed E-state index contributed by atoms with van der Waals surface area (Å²) in [5.41, 5.74) is 3.89. The third-order valence-electron chi connectivity index (χ3n) is 7.58. The Morgan fingerprint density at radius 3 is 2.41 bits per heavy atom. The molecule has 2 aromatic heterocycles. The number of carbonyl (C=O) groups is 2. The summed E-state index contributed by atoms with van der Waals surface area (Å²) in [6.45, 7) is 1.78. The summed E-state index contributed by atoms with van der Waals surface area (Å²) in [5.74, 6) is -0.0845. The second kappa shape index (κ2) is 9.62. The van der Waals surface area contributed by atoms with Gasteiger partial charge in [-0.2, -0.15) is 0 Å². The monoisotopic (exact) mass is 519 g/mol. The third kappa shape index (κ3) is 4.52. The first kappa shape index (κ1) is 24.7. The molecule has 6 heteroatoms. The van der Waals surface area contributed by atoms with E-state index in [2.05, 4.69) is 4.98 Å². The van der Waals surface area contributed by atoms with Crippen LogP contribution in [-0.2, 0) is 5.41 Å². The van der Waals surface area contributed by atoms with E-state index in [9.17, 15) is 19.1 Å². The van der Waals surface area contributed by atoms with Crippen molar-refractivity contribution in [3.8, 4) is 28.2 Å².